The van der Waals surface area contributed by atoms with E-state index in [1.165, 1.54) is 4.68 Å². The van der Waals surface area contributed by atoms with E-state index in [9.17, 15) is 24.3 Å². The van der Waals surface area contributed by atoms with Crippen molar-refractivity contribution in [1.29, 1.82) is 0 Å². The monoisotopic (exact) mass is 704 g/mol. The molecule has 1 aromatic heterocycles. The van der Waals surface area contributed by atoms with Crippen molar-refractivity contribution in [3.8, 4) is 11.4 Å². The molecular weight excluding hydrogens is 656 g/mol. The molecule has 12 heteroatoms. The summed E-state index contributed by atoms with van der Waals surface area (Å²) in [5, 5.41) is 14.5. The zero-order valence-corrected chi connectivity index (χ0v) is 29.9. The Morgan fingerprint density at radius 1 is 0.940 bits per heavy atom. The Hall–Kier alpha value is -3.96. The number of aryl methyl sites for hydroxylation is 1. The van der Waals surface area contributed by atoms with E-state index in [4.69, 9.17) is 11.6 Å². The Morgan fingerprint density at radius 3 is 2.28 bits per heavy atom. The van der Waals surface area contributed by atoms with Crippen molar-refractivity contribution in [2.24, 2.45) is 17.8 Å². The molecule has 11 nitrogen and oxygen atoms in total. The number of hydrogen-bond donors (Lipinski definition) is 2. The topological polar surface area (TPSA) is 132 Å². The molecule has 3 aliphatic rings. The molecule has 4 heterocycles. The van der Waals surface area contributed by atoms with Crippen LogP contribution in [-0.4, -0.2) is 97.7 Å². The van der Waals surface area contributed by atoms with E-state index >= 15 is 0 Å². The number of amides is 2. The van der Waals surface area contributed by atoms with Crippen LogP contribution in [0.25, 0.3) is 11.4 Å². The normalized spacial score (nSPS) is 21.7. The highest BCUT2D eigenvalue weighted by Gasteiger charge is 2.36. The Morgan fingerprint density at radius 2 is 1.62 bits per heavy atom. The number of nitrogens with zero attached hydrogens (tertiary/aromatic N) is 5. The predicted molar refractivity (Wildman–Crippen MR) is 192 cm³/mol. The summed E-state index contributed by atoms with van der Waals surface area (Å²) < 4.78 is 1.52. The lowest BCUT2D eigenvalue weighted by atomic mass is 9.76. The number of carboxylic acid groups (broad SMARTS) is 1. The van der Waals surface area contributed by atoms with Crippen molar-refractivity contribution in [3.05, 3.63) is 75.2 Å². The lowest BCUT2D eigenvalue weighted by Gasteiger charge is -2.43. The van der Waals surface area contributed by atoms with Gasteiger partial charge in [0.25, 0.3) is 0 Å². The predicted octanol–water partition coefficient (Wildman–Crippen LogP) is 5.04. The number of aliphatic carboxylic acids is 1. The average Bonchev–Trinajstić information content (AvgIpc) is 3.51. The second-order valence-electron chi connectivity index (χ2n) is 14.6. The van der Waals surface area contributed by atoms with Crippen molar-refractivity contribution < 1.29 is 19.5 Å². The number of carboxylic acids is 1. The average molecular weight is 705 g/mol. The lowest BCUT2D eigenvalue weighted by Crippen LogP contribution is -2.48. The van der Waals surface area contributed by atoms with Gasteiger partial charge in [0.05, 0.1) is 18.5 Å². The van der Waals surface area contributed by atoms with Gasteiger partial charge in [0.1, 0.15) is 0 Å². The summed E-state index contributed by atoms with van der Waals surface area (Å²) in [6, 6.07) is 15.5. The molecular formula is C38H49ClN6O5. The van der Waals surface area contributed by atoms with Gasteiger partial charge in [-0.05, 0) is 94.4 Å². The number of likely N-dealkylation sites (tertiary alicyclic amines) is 3. The summed E-state index contributed by atoms with van der Waals surface area (Å²) in [6.45, 7) is 7.30. The quantitative estimate of drug-likeness (QED) is 0.303. The highest BCUT2D eigenvalue weighted by Crippen LogP contribution is 2.35. The molecule has 3 atom stereocenters. The largest absolute Gasteiger partial charge is 0.480 e. The molecule has 2 aromatic carbocycles. The third kappa shape index (κ3) is 8.49. The second-order valence-corrected chi connectivity index (χ2v) is 15.0. The number of rotatable bonds is 10. The first kappa shape index (κ1) is 35.9. The third-order valence-corrected chi connectivity index (χ3v) is 11.7. The molecule has 3 unspecified atom stereocenters. The first-order valence-corrected chi connectivity index (χ1v) is 18.4. The van der Waals surface area contributed by atoms with Crippen LogP contribution in [0.5, 0.6) is 0 Å². The van der Waals surface area contributed by atoms with Crippen molar-refractivity contribution in [3.63, 3.8) is 0 Å². The number of halogens is 1. The molecule has 50 heavy (non-hydrogen) atoms. The summed E-state index contributed by atoms with van der Waals surface area (Å²) >= 11 is 6.31. The Balaban J connectivity index is 1.07. The first-order chi connectivity index (χ1) is 24.0. The van der Waals surface area contributed by atoms with Crippen molar-refractivity contribution in [1.82, 2.24) is 29.5 Å². The zero-order chi connectivity index (χ0) is 35.4. The molecule has 268 valence electrons. The van der Waals surface area contributed by atoms with Gasteiger partial charge >= 0.3 is 11.7 Å². The molecule has 3 fully saturated rings. The van der Waals surface area contributed by atoms with Crippen LogP contribution in [0.2, 0.25) is 5.02 Å². The van der Waals surface area contributed by atoms with E-state index in [0.717, 1.165) is 48.9 Å². The molecule has 0 bridgehead atoms. The van der Waals surface area contributed by atoms with Crippen LogP contribution in [0.3, 0.4) is 0 Å². The molecule has 2 N–H and O–H groups in total. The standard InChI is InChI=1S/C38H49ClN6O5/c1-25-20-27(8-9-33(25)39)22-31(37(49)43-15-10-28(11-16-43)30-12-17-44(24-35(47)48)26(2)21-30)23-34(46)42-18-13-32(14-19-42)45-38(50)40-36(41-45)29-6-4-3-5-7-29/h3-9,20,26,28,30-32H,10-19,21-24H2,1-2H3,(H,47,48)(H,40,41,50). The van der Waals surface area contributed by atoms with Gasteiger partial charge in [-0.15, -0.1) is 5.10 Å². The fraction of sp³-hybridized carbons (Fsp3) is 0.553. The number of piperidine rings is 3. The molecule has 0 radical (unpaired) electrons. The van der Waals surface area contributed by atoms with Crippen LogP contribution >= 0.6 is 11.6 Å². The maximum absolute atomic E-state index is 14.2. The van der Waals surface area contributed by atoms with E-state index in [1.54, 1.807) is 0 Å². The molecule has 2 amide bonds. The minimum Gasteiger partial charge on any atom is -0.480 e. The Labute approximate surface area is 298 Å². The van der Waals surface area contributed by atoms with Crippen LogP contribution in [0.1, 0.15) is 69.0 Å². The summed E-state index contributed by atoms with van der Waals surface area (Å²) in [7, 11) is 0. The van der Waals surface area contributed by atoms with Gasteiger partial charge in [0, 0.05) is 49.2 Å². The second kappa shape index (κ2) is 15.9. The van der Waals surface area contributed by atoms with Crippen molar-refractivity contribution in [2.45, 2.75) is 77.3 Å². The van der Waals surface area contributed by atoms with E-state index in [1.807, 2.05) is 65.3 Å². The summed E-state index contributed by atoms with van der Waals surface area (Å²) in [4.78, 5) is 60.7. The number of aromatic nitrogens is 3. The van der Waals surface area contributed by atoms with Crippen molar-refractivity contribution in [2.75, 3.05) is 39.3 Å². The van der Waals surface area contributed by atoms with E-state index in [0.29, 0.717) is 68.1 Å². The number of aromatic amines is 1. The molecule has 0 spiro atoms. The molecule has 3 saturated heterocycles. The van der Waals surface area contributed by atoms with Crippen LogP contribution in [-0.2, 0) is 20.8 Å². The number of benzene rings is 2. The number of hydrogen-bond acceptors (Lipinski definition) is 6. The maximum atomic E-state index is 14.2. The molecule has 0 aliphatic carbocycles. The van der Waals surface area contributed by atoms with Crippen LogP contribution in [0, 0.1) is 24.7 Å². The SMILES string of the molecule is Cc1cc(CC(CC(=O)N2CCC(n3nc(-c4ccccc4)[nH]c3=O)CC2)C(=O)N2CCC(C3CCN(CC(=O)O)C(C)C3)CC2)ccc1Cl. The minimum absolute atomic E-state index is 0.0282. The zero-order valence-electron chi connectivity index (χ0n) is 29.1. The van der Waals surface area contributed by atoms with Gasteiger partial charge in [-0.1, -0.05) is 54.1 Å². The van der Waals surface area contributed by atoms with Crippen LogP contribution in [0.4, 0.5) is 0 Å². The van der Waals surface area contributed by atoms with Gasteiger partial charge in [-0.3, -0.25) is 24.3 Å². The number of carbonyl (C=O) groups excluding carboxylic acids is 2. The fourth-order valence-electron chi connectivity index (χ4n) is 8.32. The molecule has 0 saturated carbocycles. The fourth-order valence-corrected chi connectivity index (χ4v) is 8.44. The number of H-pyrrole nitrogens is 1. The van der Waals surface area contributed by atoms with Crippen LogP contribution in [0.15, 0.2) is 53.3 Å². The summed E-state index contributed by atoms with van der Waals surface area (Å²) in [5.41, 5.74) is 2.53. The number of carbonyl (C=O) groups is 3. The minimum atomic E-state index is -0.781. The smallest absolute Gasteiger partial charge is 0.343 e. The van der Waals surface area contributed by atoms with Gasteiger partial charge in [0.15, 0.2) is 5.82 Å². The van der Waals surface area contributed by atoms with E-state index < -0.39 is 11.9 Å². The summed E-state index contributed by atoms with van der Waals surface area (Å²) in [5.74, 6) is 0.305. The first-order valence-electron chi connectivity index (χ1n) is 18.1. The van der Waals surface area contributed by atoms with Crippen LogP contribution < -0.4 is 5.69 Å². The summed E-state index contributed by atoms with van der Waals surface area (Å²) in [6.07, 6.45) is 5.64. The molecule has 3 aliphatic heterocycles. The lowest BCUT2D eigenvalue weighted by molar-refractivity contribution is -0.143. The molecule has 6 rings (SSSR count). The van der Waals surface area contributed by atoms with Gasteiger partial charge in [-0.25, -0.2) is 9.48 Å². The number of nitrogens with one attached hydrogen (secondary N) is 1. The van der Waals surface area contributed by atoms with Gasteiger partial charge in [-0.2, -0.15) is 0 Å². The Bertz CT molecular complexity index is 1710. The molecule has 3 aromatic rings. The highest BCUT2D eigenvalue weighted by molar-refractivity contribution is 6.31. The third-order valence-electron chi connectivity index (χ3n) is 11.2. The maximum Gasteiger partial charge on any atom is 0.343 e. The van der Waals surface area contributed by atoms with E-state index in [2.05, 4.69) is 21.9 Å². The van der Waals surface area contributed by atoms with Gasteiger partial charge < -0.3 is 14.9 Å². The van der Waals surface area contributed by atoms with Crippen molar-refractivity contribution >= 4 is 29.4 Å². The highest BCUT2D eigenvalue weighted by atomic mass is 35.5. The Kier molecular flexibility index (Phi) is 11.4. The van der Waals surface area contributed by atoms with E-state index in [-0.39, 0.29) is 42.6 Å². The van der Waals surface area contributed by atoms with Gasteiger partial charge in [0.2, 0.25) is 11.8 Å².